The van der Waals surface area contributed by atoms with Crippen LogP contribution < -0.4 is 5.56 Å². The van der Waals surface area contributed by atoms with Crippen LogP contribution in [0.25, 0.3) is 0 Å². The van der Waals surface area contributed by atoms with Crippen LogP contribution in [0.3, 0.4) is 0 Å². The molecule has 0 aliphatic heterocycles. The van der Waals surface area contributed by atoms with Crippen LogP contribution in [0.4, 0.5) is 4.39 Å². The molecule has 94 valence electrons. The molecule has 2 aromatic rings. The molecule has 1 aromatic carbocycles. The van der Waals surface area contributed by atoms with Crippen molar-refractivity contribution in [2.24, 2.45) is 0 Å². The van der Waals surface area contributed by atoms with Crippen LogP contribution in [-0.2, 0) is 17.6 Å². The maximum Gasteiger partial charge on any atom is 0.280 e. The molecule has 0 fully saturated rings. The monoisotopic (exact) mass is 249 g/mol. The van der Waals surface area contributed by atoms with Crippen LogP contribution in [0.1, 0.15) is 17.7 Å². The molecule has 0 amide bonds. The fraction of sp³-hybridized carbons (Fsp3) is 0.231. The van der Waals surface area contributed by atoms with Gasteiger partial charge in [0, 0.05) is 12.5 Å². The van der Waals surface area contributed by atoms with Gasteiger partial charge in [-0.2, -0.15) is 5.16 Å². The van der Waals surface area contributed by atoms with E-state index in [0.717, 1.165) is 5.56 Å². The van der Waals surface area contributed by atoms with Crippen molar-refractivity contribution in [3.63, 3.8) is 0 Å². The molecule has 4 nitrogen and oxygen atoms in total. The van der Waals surface area contributed by atoms with Gasteiger partial charge in [-0.25, -0.2) is 4.39 Å². The summed E-state index contributed by atoms with van der Waals surface area (Å²) < 4.78 is 17.5. The van der Waals surface area contributed by atoms with E-state index < -0.39 is 0 Å². The number of rotatable bonds is 5. The molecule has 1 heterocycles. The van der Waals surface area contributed by atoms with Crippen molar-refractivity contribution in [1.29, 1.82) is 0 Å². The summed E-state index contributed by atoms with van der Waals surface area (Å²) in [4.78, 5) is 22.4. The summed E-state index contributed by atoms with van der Waals surface area (Å²) >= 11 is 0. The first kappa shape index (κ1) is 12.3. The fourth-order valence-corrected chi connectivity index (χ4v) is 1.63. The smallest absolute Gasteiger partial charge is 0.280 e. The molecule has 0 aliphatic carbocycles. The van der Waals surface area contributed by atoms with Gasteiger partial charge in [-0.05, 0) is 24.1 Å². The number of carbonyl (C=O) groups is 1. The Morgan fingerprint density at radius 2 is 2.00 bits per heavy atom. The van der Waals surface area contributed by atoms with Gasteiger partial charge in [0.2, 0.25) is 0 Å². The van der Waals surface area contributed by atoms with Gasteiger partial charge in [0.05, 0.1) is 6.42 Å². The number of aromatic nitrogens is 1. The highest BCUT2D eigenvalue weighted by molar-refractivity contribution is 5.80. The SMILES string of the molecule is O=C(CCc1ccc(F)cc1)Cc1cc(=O)[nH]o1. The number of hydrogen-bond acceptors (Lipinski definition) is 3. The molecule has 1 N–H and O–H groups in total. The predicted molar refractivity (Wildman–Crippen MR) is 62.8 cm³/mol. The number of carbonyl (C=O) groups excluding carboxylic acids is 1. The topological polar surface area (TPSA) is 63.1 Å². The average Bonchev–Trinajstić information content (AvgIpc) is 2.74. The first-order valence-electron chi connectivity index (χ1n) is 5.57. The summed E-state index contributed by atoms with van der Waals surface area (Å²) in [6, 6.07) is 7.30. The number of hydrogen-bond donors (Lipinski definition) is 1. The first-order valence-corrected chi connectivity index (χ1v) is 5.57. The minimum Gasteiger partial charge on any atom is -0.383 e. The van der Waals surface area contributed by atoms with Crippen LogP contribution in [-0.4, -0.2) is 10.9 Å². The highest BCUT2D eigenvalue weighted by Crippen LogP contribution is 2.07. The molecule has 0 saturated carbocycles. The lowest BCUT2D eigenvalue weighted by atomic mass is 10.1. The van der Waals surface area contributed by atoms with Gasteiger partial charge >= 0.3 is 0 Å². The van der Waals surface area contributed by atoms with Crippen LogP contribution >= 0.6 is 0 Å². The molecular formula is C13H12FNO3. The van der Waals surface area contributed by atoms with Crippen LogP contribution in [0.2, 0.25) is 0 Å². The number of aromatic amines is 1. The van der Waals surface area contributed by atoms with E-state index in [4.69, 9.17) is 4.52 Å². The zero-order chi connectivity index (χ0) is 13.0. The molecule has 0 radical (unpaired) electrons. The zero-order valence-electron chi connectivity index (χ0n) is 9.61. The van der Waals surface area contributed by atoms with E-state index in [1.165, 1.54) is 18.2 Å². The van der Waals surface area contributed by atoms with Gasteiger partial charge in [-0.15, -0.1) is 0 Å². The predicted octanol–water partition coefficient (Wildman–Crippen LogP) is 1.85. The van der Waals surface area contributed by atoms with E-state index in [2.05, 4.69) is 5.16 Å². The van der Waals surface area contributed by atoms with Crippen LogP contribution in [0.5, 0.6) is 0 Å². The van der Waals surface area contributed by atoms with Gasteiger partial charge in [-0.1, -0.05) is 12.1 Å². The lowest BCUT2D eigenvalue weighted by Gasteiger charge is -2.00. The zero-order valence-corrected chi connectivity index (χ0v) is 9.61. The Hall–Kier alpha value is -2.17. The van der Waals surface area contributed by atoms with E-state index in [1.807, 2.05) is 0 Å². The Balaban J connectivity index is 1.85. The number of benzene rings is 1. The number of ketones is 1. The summed E-state index contributed by atoms with van der Waals surface area (Å²) in [5.41, 5.74) is 0.552. The highest BCUT2D eigenvalue weighted by atomic mass is 19.1. The number of halogens is 1. The number of nitrogens with one attached hydrogen (secondary N) is 1. The standard InChI is InChI=1S/C13H12FNO3/c14-10-4-1-9(2-5-10)3-6-11(16)7-12-8-13(17)15-18-12/h1-2,4-5,8H,3,6-7H2,(H,15,17). The normalized spacial score (nSPS) is 10.5. The van der Waals surface area contributed by atoms with Gasteiger partial charge in [0.25, 0.3) is 5.56 Å². The summed E-state index contributed by atoms with van der Waals surface area (Å²) in [5, 5.41) is 2.13. The average molecular weight is 249 g/mol. The molecule has 2 rings (SSSR count). The van der Waals surface area contributed by atoms with Crippen molar-refractivity contribution >= 4 is 5.78 Å². The maximum absolute atomic E-state index is 12.7. The van der Waals surface area contributed by atoms with Gasteiger partial charge in [-0.3, -0.25) is 9.59 Å². The van der Waals surface area contributed by atoms with Gasteiger partial charge < -0.3 is 4.52 Å². The second-order valence-electron chi connectivity index (χ2n) is 4.02. The summed E-state index contributed by atoms with van der Waals surface area (Å²) in [6.07, 6.45) is 0.980. The van der Waals surface area contributed by atoms with Crippen molar-refractivity contribution in [3.05, 3.63) is 57.8 Å². The third-order valence-electron chi connectivity index (χ3n) is 2.55. The number of Topliss-reactive ketones (excluding diaryl/α,β-unsaturated/α-hetero) is 1. The van der Waals surface area contributed by atoms with E-state index in [0.29, 0.717) is 18.6 Å². The molecule has 0 aliphatic rings. The van der Waals surface area contributed by atoms with Gasteiger partial charge in [0.15, 0.2) is 0 Å². The molecular weight excluding hydrogens is 237 g/mol. The molecule has 18 heavy (non-hydrogen) atoms. The number of aryl methyl sites for hydroxylation is 1. The quantitative estimate of drug-likeness (QED) is 0.879. The molecule has 0 bridgehead atoms. The summed E-state index contributed by atoms with van der Waals surface area (Å²) in [5.74, 6) is 0.0188. The molecule has 0 atom stereocenters. The Bertz CT molecular complexity index is 583. The molecule has 0 spiro atoms. The lowest BCUT2D eigenvalue weighted by molar-refractivity contribution is -0.118. The second-order valence-corrected chi connectivity index (χ2v) is 4.02. The maximum atomic E-state index is 12.7. The van der Waals surface area contributed by atoms with Crippen LogP contribution in [0.15, 0.2) is 39.6 Å². The van der Waals surface area contributed by atoms with E-state index in [-0.39, 0.29) is 23.6 Å². The molecule has 5 heteroatoms. The van der Waals surface area contributed by atoms with Gasteiger partial charge in [0.1, 0.15) is 17.4 Å². The molecule has 0 unspecified atom stereocenters. The fourth-order valence-electron chi connectivity index (χ4n) is 1.63. The molecule has 0 saturated heterocycles. The Kier molecular flexibility index (Phi) is 3.72. The van der Waals surface area contributed by atoms with Crippen molar-refractivity contribution in [2.75, 3.05) is 0 Å². The van der Waals surface area contributed by atoms with Crippen molar-refractivity contribution in [1.82, 2.24) is 5.16 Å². The van der Waals surface area contributed by atoms with E-state index >= 15 is 0 Å². The van der Waals surface area contributed by atoms with E-state index in [1.54, 1.807) is 12.1 Å². The Morgan fingerprint density at radius 3 is 2.61 bits per heavy atom. The van der Waals surface area contributed by atoms with E-state index in [9.17, 15) is 14.0 Å². The molecule has 1 aromatic heterocycles. The lowest BCUT2D eigenvalue weighted by Crippen LogP contribution is -2.04. The highest BCUT2D eigenvalue weighted by Gasteiger charge is 2.08. The Morgan fingerprint density at radius 1 is 1.28 bits per heavy atom. The Labute approximate surface area is 102 Å². The van der Waals surface area contributed by atoms with Crippen molar-refractivity contribution in [2.45, 2.75) is 19.3 Å². The van der Waals surface area contributed by atoms with Crippen LogP contribution in [0, 0.1) is 5.82 Å². The first-order chi connectivity index (χ1) is 8.63. The minimum absolute atomic E-state index is 0.0259. The largest absolute Gasteiger partial charge is 0.383 e. The second kappa shape index (κ2) is 5.44. The van der Waals surface area contributed by atoms with Crippen molar-refractivity contribution in [3.8, 4) is 0 Å². The third-order valence-corrected chi connectivity index (χ3v) is 2.55. The van der Waals surface area contributed by atoms with Crippen molar-refractivity contribution < 1.29 is 13.7 Å². The number of H-pyrrole nitrogens is 1. The minimum atomic E-state index is -0.351. The summed E-state index contributed by atoms with van der Waals surface area (Å²) in [6.45, 7) is 0. The third kappa shape index (κ3) is 3.41. The summed E-state index contributed by atoms with van der Waals surface area (Å²) in [7, 11) is 0.